The van der Waals surface area contributed by atoms with E-state index in [0.29, 0.717) is 0 Å². The van der Waals surface area contributed by atoms with Gasteiger partial charge in [-0.3, -0.25) is 0 Å². The summed E-state index contributed by atoms with van der Waals surface area (Å²) in [6.45, 7) is 10.3. The number of hydrogen-bond acceptors (Lipinski definition) is 15. The van der Waals surface area contributed by atoms with Crippen LogP contribution >= 0.6 is 0 Å². The Morgan fingerprint density at radius 3 is 1.36 bits per heavy atom. The molecule has 0 amide bonds. The van der Waals surface area contributed by atoms with E-state index < -0.39 is 113 Å². The summed E-state index contributed by atoms with van der Waals surface area (Å²) < 4.78 is 31.2. The maximum atomic E-state index is 11.6. The van der Waals surface area contributed by atoms with Gasteiger partial charge in [0.2, 0.25) is 0 Å². The summed E-state index contributed by atoms with van der Waals surface area (Å²) in [6.07, 6.45) is -10.5. The highest BCUT2D eigenvalue weighted by Crippen LogP contribution is 2.15. The van der Waals surface area contributed by atoms with E-state index in [1.165, 1.54) is 20.8 Å². The molecule has 0 aromatic rings. The second kappa shape index (κ2) is 21.0. The van der Waals surface area contributed by atoms with Gasteiger partial charge in [0.1, 0.15) is 62.5 Å². The summed E-state index contributed by atoms with van der Waals surface area (Å²) >= 11 is 0. The number of aliphatic hydroxyl groups is 6. The Balaban J connectivity index is 5.56. The predicted molar refractivity (Wildman–Crippen MR) is 145 cm³/mol. The Hall–Kier alpha value is -2.73. The number of ether oxygens (including phenoxy) is 6. The van der Waals surface area contributed by atoms with E-state index in [0.717, 1.165) is 0 Å². The van der Waals surface area contributed by atoms with Gasteiger partial charge in [-0.25, -0.2) is 14.4 Å². The maximum absolute atomic E-state index is 11.6. The van der Waals surface area contributed by atoms with E-state index in [1.807, 2.05) is 0 Å². The topological polar surface area (TPSA) is 228 Å². The van der Waals surface area contributed by atoms with Crippen molar-refractivity contribution in [3.8, 4) is 0 Å². The predicted octanol–water partition coefficient (Wildman–Crippen LogP) is -2.07. The minimum Gasteiger partial charge on any atom is -0.460 e. The Kier molecular flexibility index (Phi) is 19.7. The number of carbonyl (C=O) groups is 3. The van der Waals surface area contributed by atoms with Crippen LogP contribution in [0.4, 0.5) is 0 Å². The van der Waals surface area contributed by atoms with Crippen LogP contribution in [-0.4, -0.2) is 144 Å². The molecule has 42 heavy (non-hydrogen) atoms. The van der Waals surface area contributed by atoms with Gasteiger partial charge >= 0.3 is 17.9 Å². The fourth-order valence-corrected chi connectivity index (χ4v) is 2.80. The van der Waals surface area contributed by atoms with Crippen LogP contribution in [0, 0.1) is 0 Å². The van der Waals surface area contributed by atoms with Crippen molar-refractivity contribution >= 4 is 17.9 Å². The molecule has 3 unspecified atom stereocenters. The second-order valence-corrected chi connectivity index (χ2v) is 9.55. The number of aliphatic hydroxyl groups excluding tert-OH is 6. The average molecular weight is 609 g/mol. The summed E-state index contributed by atoms with van der Waals surface area (Å²) in [5.41, 5.74) is 0.318. The van der Waals surface area contributed by atoms with Crippen molar-refractivity contribution in [2.75, 3.05) is 52.9 Å². The van der Waals surface area contributed by atoms with E-state index in [1.54, 1.807) is 0 Å². The molecule has 0 spiro atoms. The first-order valence-corrected chi connectivity index (χ1v) is 12.9. The summed E-state index contributed by atoms with van der Waals surface area (Å²) in [5, 5.41) is 60.6. The fourth-order valence-electron chi connectivity index (χ4n) is 2.80. The molecular formula is C27H44O15. The number of rotatable bonds is 23. The molecule has 0 heterocycles. The van der Waals surface area contributed by atoms with Crippen molar-refractivity contribution in [2.24, 2.45) is 0 Å². The molecule has 15 nitrogen and oxygen atoms in total. The van der Waals surface area contributed by atoms with Gasteiger partial charge in [-0.15, -0.1) is 0 Å². The lowest BCUT2D eigenvalue weighted by molar-refractivity contribution is -0.189. The number of hydrogen-bond donors (Lipinski definition) is 6. The highest BCUT2D eigenvalue weighted by molar-refractivity contribution is 5.87. The average Bonchev–Trinajstić information content (AvgIpc) is 2.94. The second-order valence-electron chi connectivity index (χ2n) is 9.55. The molecule has 0 fully saturated rings. The third kappa shape index (κ3) is 16.6. The SMILES string of the molecule is C=C(C)C(=O)OCC(O)COC[C@@H](OCC(O)COC(=O)C(=C)C)[C@@H](OCC(O)COC(=O)C(=C)C)[C@H](O)[C@H](O)CO. The van der Waals surface area contributed by atoms with Crippen molar-refractivity contribution in [2.45, 2.75) is 63.5 Å². The van der Waals surface area contributed by atoms with Gasteiger partial charge in [-0.2, -0.15) is 0 Å². The zero-order chi connectivity index (χ0) is 32.4. The van der Waals surface area contributed by atoms with Crippen molar-refractivity contribution in [1.29, 1.82) is 0 Å². The van der Waals surface area contributed by atoms with Gasteiger partial charge in [0.15, 0.2) is 0 Å². The molecule has 0 bridgehead atoms. The lowest BCUT2D eigenvalue weighted by Crippen LogP contribution is -2.51. The normalized spacial score (nSPS) is 16.2. The van der Waals surface area contributed by atoms with Crippen molar-refractivity contribution in [1.82, 2.24) is 0 Å². The quantitative estimate of drug-likeness (QED) is 0.0416. The van der Waals surface area contributed by atoms with Gasteiger partial charge in [-0.05, 0) is 20.8 Å². The first kappa shape index (κ1) is 39.3. The van der Waals surface area contributed by atoms with E-state index in [2.05, 4.69) is 19.7 Å². The van der Waals surface area contributed by atoms with Crippen molar-refractivity contribution in [3.05, 3.63) is 36.5 Å². The highest BCUT2D eigenvalue weighted by atomic mass is 16.6. The first-order chi connectivity index (χ1) is 19.6. The molecule has 0 saturated heterocycles. The Bertz CT molecular complexity index is 889. The molecule has 7 atom stereocenters. The van der Waals surface area contributed by atoms with Crippen LogP contribution in [-0.2, 0) is 42.8 Å². The van der Waals surface area contributed by atoms with Gasteiger partial charge < -0.3 is 59.1 Å². The van der Waals surface area contributed by atoms with Gasteiger partial charge in [-0.1, -0.05) is 19.7 Å². The van der Waals surface area contributed by atoms with Crippen molar-refractivity contribution in [3.63, 3.8) is 0 Å². The van der Waals surface area contributed by atoms with Crippen LogP contribution < -0.4 is 0 Å². The van der Waals surface area contributed by atoms with Crippen LogP contribution in [0.1, 0.15) is 20.8 Å². The molecular weight excluding hydrogens is 564 g/mol. The smallest absolute Gasteiger partial charge is 0.333 e. The summed E-state index contributed by atoms with van der Waals surface area (Å²) in [5.74, 6) is -2.23. The Labute approximate surface area is 244 Å². The molecule has 0 aliphatic heterocycles. The zero-order valence-corrected chi connectivity index (χ0v) is 24.2. The van der Waals surface area contributed by atoms with Crippen LogP contribution in [0.3, 0.4) is 0 Å². The highest BCUT2D eigenvalue weighted by Gasteiger charge is 2.36. The molecule has 0 aliphatic carbocycles. The van der Waals surface area contributed by atoms with E-state index in [4.69, 9.17) is 28.4 Å². The zero-order valence-electron chi connectivity index (χ0n) is 24.2. The Morgan fingerprint density at radius 2 is 0.976 bits per heavy atom. The molecule has 0 aromatic carbocycles. The lowest BCUT2D eigenvalue weighted by atomic mass is 10.0. The lowest BCUT2D eigenvalue weighted by Gasteiger charge is -2.33. The molecule has 0 saturated carbocycles. The molecule has 0 aliphatic rings. The molecule has 0 aromatic heterocycles. The Morgan fingerprint density at radius 1 is 0.595 bits per heavy atom. The van der Waals surface area contributed by atoms with Crippen LogP contribution in [0.15, 0.2) is 36.5 Å². The molecule has 15 heteroatoms. The third-order valence-corrected chi connectivity index (χ3v) is 5.13. The minimum absolute atomic E-state index is 0.0946. The van der Waals surface area contributed by atoms with E-state index >= 15 is 0 Å². The summed E-state index contributed by atoms with van der Waals surface area (Å²) in [4.78, 5) is 34.7. The molecule has 0 rings (SSSR count). The van der Waals surface area contributed by atoms with Crippen molar-refractivity contribution < 1.29 is 73.4 Å². The minimum atomic E-state index is -1.83. The van der Waals surface area contributed by atoms with Crippen LogP contribution in [0.5, 0.6) is 0 Å². The van der Waals surface area contributed by atoms with E-state index in [9.17, 15) is 45.0 Å². The largest absolute Gasteiger partial charge is 0.460 e. The monoisotopic (exact) mass is 608 g/mol. The summed E-state index contributed by atoms with van der Waals surface area (Å²) in [7, 11) is 0. The van der Waals surface area contributed by atoms with Gasteiger partial charge in [0, 0.05) is 16.7 Å². The van der Waals surface area contributed by atoms with Crippen LogP contribution in [0.25, 0.3) is 0 Å². The molecule has 242 valence electrons. The third-order valence-electron chi connectivity index (χ3n) is 5.13. The number of carbonyl (C=O) groups excluding carboxylic acids is 3. The van der Waals surface area contributed by atoms with Gasteiger partial charge in [0.05, 0.1) is 33.0 Å². The fraction of sp³-hybridized carbons (Fsp3) is 0.667. The maximum Gasteiger partial charge on any atom is 0.333 e. The molecule has 0 radical (unpaired) electrons. The standard InChI is InChI=1S/C27H44O15/c1-15(2)25(34)40-11-18(29)8-37-14-22(38-9-19(30)12-41-26(35)16(3)4)24(23(33)21(32)7-28)39-10-20(31)13-42-27(36)17(5)6/h18-24,28-33H,1,3,5,7-14H2,2,4,6H3/t18?,19?,20?,21-,22-,23-,24-/m1/s1. The molecule has 6 N–H and O–H groups in total. The number of esters is 3. The van der Waals surface area contributed by atoms with E-state index in [-0.39, 0.29) is 16.7 Å². The van der Waals surface area contributed by atoms with Gasteiger partial charge in [0.25, 0.3) is 0 Å². The first-order valence-electron chi connectivity index (χ1n) is 12.9. The summed E-state index contributed by atoms with van der Waals surface area (Å²) in [6, 6.07) is 0. The van der Waals surface area contributed by atoms with Crippen LogP contribution in [0.2, 0.25) is 0 Å².